The number of carbonyl (C=O) groups excluding carboxylic acids is 1. The molecule has 146 valence electrons. The highest BCUT2D eigenvalue weighted by Gasteiger charge is 2.39. The largest absolute Gasteiger partial charge is 0.490 e. The van der Waals surface area contributed by atoms with E-state index in [1.54, 1.807) is 0 Å². The SMILES string of the molecule is Cc1ccc(CN2CCCC3(CCCC(=O)N3)C2)o1.O=C(O)C(F)(F)F. The molecule has 0 aliphatic carbocycles. The molecule has 3 rings (SSSR count). The predicted octanol–water partition coefficient (Wildman–Crippen LogP) is 2.86. The van der Waals surface area contributed by atoms with Crippen molar-refractivity contribution in [3.63, 3.8) is 0 Å². The lowest BCUT2D eigenvalue weighted by Crippen LogP contribution is -2.60. The molecule has 1 aromatic heterocycles. The zero-order valence-electron chi connectivity index (χ0n) is 14.6. The van der Waals surface area contributed by atoms with Crippen LogP contribution in [0, 0.1) is 6.92 Å². The fourth-order valence-corrected chi connectivity index (χ4v) is 3.47. The van der Waals surface area contributed by atoms with Crippen LogP contribution in [0.2, 0.25) is 0 Å². The van der Waals surface area contributed by atoms with Gasteiger partial charge in [-0.2, -0.15) is 13.2 Å². The number of piperidine rings is 2. The quantitative estimate of drug-likeness (QED) is 0.829. The molecule has 1 unspecified atom stereocenters. The number of halogens is 3. The van der Waals surface area contributed by atoms with Gasteiger partial charge in [0, 0.05) is 13.0 Å². The van der Waals surface area contributed by atoms with E-state index in [2.05, 4.69) is 16.3 Å². The van der Waals surface area contributed by atoms with E-state index < -0.39 is 12.1 Å². The van der Waals surface area contributed by atoms with Crippen LogP contribution in [0.25, 0.3) is 0 Å². The summed E-state index contributed by atoms with van der Waals surface area (Å²) in [6.07, 6.45) is 0.0253. The number of likely N-dealkylation sites (tertiary alicyclic amines) is 1. The van der Waals surface area contributed by atoms with Crippen LogP contribution in [0.3, 0.4) is 0 Å². The molecule has 0 radical (unpaired) electrons. The van der Waals surface area contributed by atoms with Gasteiger partial charge in [0.15, 0.2) is 0 Å². The van der Waals surface area contributed by atoms with Gasteiger partial charge in [0.1, 0.15) is 11.5 Å². The number of hydrogen-bond donors (Lipinski definition) is 2. The maximum absolute atomic E-state index is 11.7. The predicted molar refractivity (Wildman–Crippen MR) is 86.4 cm³/mol. The van der Waals surface area contributed by atoms with E-state index in [0.717, 1.165) is 56.8 Å². The molecule has 6 nitrogen and oxygen atoms in total. The molecule has 0 bridgehead atoms. The Hall–Kier alpha value is -2.03. The number of furan rings is 1. The highest BCUT2D eigenvalue weighted by Crippen LogP contribution is 2.30. The van der Waals surface area contributed by atoms with Crippen molar-refractivity contribution < 1.29 is 32.3 Å². The molecule has 26 heavy (non-hydrogen) atoms. The third-order valence-electron chi connectivity index (χ3n) is 4.54. The standard InChI is InChI=1S/C15H22N2O2.C2HF3O2/c1-12-5-6-13(19-12)10-17-9-3-8-15(11-17)7-2-4-14(18)16-15;3-2(4,5)1(6)7/h5-6H,2-4,7-11H2,1H3,(H,16,18);(H,6,7). The lowest BCUT2D eigenvalue weighted by atomic mass is 9.81. The second-order valence-electron chi connectivity index (χ2n) is 6.81. The normalized spacial score (nSPS) is 23.9. The first-order valence-corrected chi connectivity index (χ1v) is 8.48. The van der Waals surface area contributed by atoms with Crippen LogP contribution in [0.15, 0.2) is 16.5 Å². The summed E-state index contributed by atoms with van der Waals surface area (Å²) in [6.45, 7) is 4.88. The van der Waals surface area contributed by atoms with E-state index in [1.165, 1.54) is 0 Å². The molecule has 2 aliphatic rings. The van der Waals surface area contributed by atoms with Crippen LogP contribution in [0.1, 0.15) is 43.6 Å². The van der Waals surface area contributed by atoms with Crippen molar-refractivity contribution in [2.75, 3.05) is 13.1 Å². The molecule has 3 heterocycles. The summed E-state index contributed by atoms with van der Waals surface area (Å²) in [5, 5.41) is 10.4. The number of aliphatic carboxylic acids is 1. The number of carboxylic acids is 1. The molecule has 1 aromatic rings. The van der Waals surface area contributed by atoms with Crippen molar-refractivity contribution >= 4 is 11.9 Å². The van der Waals surface area contributed by atoms with Crippen molar-refractivity contribution in [2.24, 2.45) is 0 Å². The molecule has 1 spiro atoms. The van der Waals surface area contributed by atoms with E-state index in [9.17, 15) is 18.0 Å². The fourth-order valence-electron chi connectivity index (χ4n) is 3.47. The van der Waals surface area contributed by atoms with Crippen LogP contribution < -0.4 is 5.32 Å². The van der Waals surface area contributed by atoms with E-state index in [-0.39, 0.29) is 11.4 Å². The van der Waals surface area contributed by atoms with Gasteiger partial charge in [-0.25, -0.2) is 4.79 Å². The van der Waals surface area contributed by atoms with Crippen LogP contribution in [0.5, 0.6) is 0 Å². The Balaban J connectivity index is 0.000000298. The van der Waals surface area contributed by atoms with Crippen molar-refractivity contribution in [1.82, 2.24) is 10.2 Å². The number of hydrogen-bond acceptors (Lipinski definition) is 4. The number of amides is 1. The van der Waals surface area contributed by atoms with Gasteiger partial charge in [0.25, 0.3) is 0 Å². The van der Waals surface area contributed by atoms with Gasteiger partial charge in [-0.3, -0.25) is 9.69 Å². The van der Waals surface area contributed by atoms with Gasteiger partial charge in [-0.05, 0) is 51.3 Å². The average Bonchev–Trinajstić information content (AvgIpc) is 2.92. The molecule has 2 aliphatic heterocycles. The van der Waals surface area contributed by atoms with E-state index in [4.69, 9.17) is 14.3 Å². The van der Waals surface area contributed by atoms with Gasteiger partial charge in [-0.1, -0.05) is 0 Å². The first-order valence-electron chi connectivity index (χ1n) is 8.48. The molecular formula is C17H23F3N2O4. The number of carbonyl (C=O) groups is 2. The molecule has 9 heteroatoms. The van der Waals surface area contributed by atoms with Gasteiger partial charge >= 0.3 is 12.1 Å². The molecule has 0 saturated carbocycles. The Kier molecular flexibility index (Phi) is 6.33. The summed E-state index contributed by atoms with van der Waals surface area (Å²) in [5.41, 5.74) is 0.0230. The summed E-state index contributed by atoms with van der Waals surface area (Å²) in [5.74, 6) is -0.543. The minimum absolute atomic E-state index is 0.0230. The second-order valence-corrected chi connectivity index (χ2v) is 6.81. The smallest absolute Gasteiger partial charge is 0.475 e. The summed E-state index contributed by atoms with van der Waals surface area (Å²) in [4.78, 5) is 23.0. The molecule has 0 aromatic carbocycles. The molecule has 2 saturated heterocycles. The van der Waals surface area contributed by atoms with Crippen molar-refractivity contribution in [2.45, 2.75) is 57.3 Å². The Morgan fingerprint density at radius 1 is 1.35 bits per heavy atom. The van der Waals surface area contributed by atoms with Crippen LogP contribution >= 0.6 is 0 Å². The van der Waals surface area contributed by atoms with E-state index >= 15 is 0 Å². The summed E-state index contributed by atoms with van der Waals surface area (Å²) in [6, 6.07) is 4.06. The number of rotatable bonds is 2. The first kappa shape index (κ1) is 20.3. The van der Waals surface area contributed by atoms with Crippen LogP contribution in [-0.4, -0.2) is 46.7 Å². The first-order chi connectivity index (χ1) is 12.1. The number of nitrogens with one attached hydrogen (secondary N) is 1. The zero-order chi connectivity index (χ0) is 19.4. The Morgan fingerprint density at radius 3 is 2.54 bits per heavy atom. The highest BCUT2D eigenvalue weighted by molar-refractivity contribution is 5.77. The average molecular weight is 376 g/mol. The third-order valence-corrected chi connectivity index (χ3v) is 4.54. The summed E-state index contributed by atoms with van der Waals surface area (Å²) >= 11 is 0. The summed E-state index contributed by atoms with van der Waals surface area (Å²) < 4.78 is 37.4. The highest BCUT2D eigenvalue weighted by atomic mass is 19.4. The molecule has 1 amide bonds. The fraction of sp³-hybridized carbons (Fsp3) is 0.647. The number of aryl methyl sites for hydroxylation is 1. The van der Waals surface area contributed by atoms with E-state index in [0.29, 0.717) is 6.42 Å². The van der Waals surface area contributed by atoms with Gasteiger partial charge in [-0.15, -0.1) is 0 Å². The molecular weight excluding hydrogens is 353 g/mol. The minimum atomic E-state index is -5.08. The summed E-state index contributed by atoms with van der Waals surface area (Å²) in [7, 11) is 0. The number of nitrogens with zero attached hydrogens (tertiary/aromatic N) is 1. The van der Waals surface area contributed by atoms with Gasteiger partial charge in [0.05, 0.1) is 12.1 Å². The Morgan fingerprint density at radius 2 is 2.00 bits per heavy atom. The number of carboxylic acid groups (broad SMARTS) is 1. The molecule has 1 atom stereocenters. The number of alkyl halides is 3. The van der Waals surface area contributed by atoms with Gasteiger partial charge < -0.3 is 14.8 Å². The van der Waals surface area contributed by atoms with Crippen molar-refractivity contribution in [3.8, 4) is 0 Å². The molecule has 2 N–H and O–H groups in total. The zero-order valence-corrected chi connectivity index (χ0v) is 14.6. The lowest BCUT2D eigenvalue weighted by molar-refractivity contribution is -0.192. The van der Waals surface area contributed by atoms with Gasteiger partial charge in [0.2, 0.25) is 5.91 Å². The maximum Gasteiger partial charge on any atom is 0.490 e. The Bertz CT molecular complexity index is 640. The maximum atomic E-state index is 11.7. The topological polar surface area (TPSA) is 82.8 Å². The van der Waals surface area contributed by atoms with E-state index in [1.807, 2.05) is 13.0 Å². The minimum Gasteiger partial charge on any atom is -0.475 e. The molecule has 2 fully saturated rings. The third kappa shape index (κ3) is 5.76. The van der Waals surface area contributed by atoms with Crippen LogP contribution in [0.4, 0.5) is 13.2 Å². The van der Waals surface area contributed by atoms with Crippen molar-refractivity contribution in [1.29, 1.82) is 0 Å². The van der Waals surface area contributed by atoms with Crippen molar-refractivity contribution in [3.05, 3.63) is 23.7 Å². The second kappa shape index (κ2) is 8.11. The monoisotopic (exact) mass is 376 g/mol. The Labute approximate surface area is 149 Å². The van der Waals surface area contributed by atoms with Crippen LogP contribution in [-0.2, 0) is 16.1 Å². The lowest BCUT2D eigenvalue weighted by Gasteiger charge is -2.45.